The highest BCUT2D eigenvalue weighted by atomic mass is 16.5. The van der Waals surface area contributed by atoms with E-state index in [1.807, 2.05) is 0 Å². The first-order valence-electron chi connectivity index (χ1n) is 5.06. The number of hydrogen-bond donors (Lipinski definition) is 1. The molecule has 0 aromatic rings. The molecule has 1 unspecified atom stereocenters. The molecule has 1 atom stereocenters. The molecule has 0 radical (unpaired) electrons. The van der Waals surface area contributed by atoms with Crippen molar-refractivity contribution in [3.8, 4) is 0 Å². The van der Waals surface area contributed by atoms with E-state index in [2.05, 4.69) is 0 Å². The molecule has 86 valence electrons. The van der Waals surface area contributed by atoms with Crippen molar-refractivity contribution in [2.75, 3.05) is 26.4 Å². The van der Waals surface area contributed by atoms with Gasteiger partial charge in [-0.3, -0.25) is 9.59 Å². The minimum atomic E-state index is -1.27. The molecule has 1 aliphatic rings. The van der Waals surface area contributed by atoms with Crippen LogP contribution in [0.1, 0.15) is 19.8 Å². The lowest BCUT2D eigenvalue weighted by Gasteiger charge is -2.32. The van der Waals surface area contributed by atoms with Gasteiger partial charge in [0.2, 0.25) is 0 Å². The SMILES string of the molecule is CCOC(=O)C1(CCO)COCCC1=O. The number of aliphatic hydroxyl groups is 1. The van der Waals surface area contributed by atoms with Crippen molar-refractivity contribution in [1.29, 1.82) is 0 Å². The van der Waals surface area contributed by atoms with E-state index >= 15 is 0 Å². The summed E-state index contributed by atoms with van der Waals surface area (Å²) in [6, 6.07) is 0. The van der Waals surface area contributed by atoms with E-state index < -0.39 is 11.4 Å². The molecule has 0 bridgehead atoms. The lowest BCUT2D eigenvalue weighted by Crippen LogP contribution is -2.48. The fraction of sp³-hybridized carbons (Fsp3) is 0.800. The van der Waals surface area contributed by atoms with E-state index in [4.69, 9.17) is 14.6 Å². The first kappa shape index (κ1) is 12.1. The van der Waals surface area contributed by atoms with E-state index in [-0.39, 0.29) is 38.4 Å². The van der Waals surface area contributed by atoms with Gasteiger partial charge in [0.1, 0.15) is 0 Å². The van der Waals surface area contributed by atoms with Gasteiger partial charge in [0, 0.05) is 13.0 Å². The third-order valence-corrected chi connectivity index (χ3v) is 2.56. The van der Waals surface area contributed by atoms with Crippen molar-refractivity contribution in [2.45, 2.75) is 19.8 Å². The van der Waals surface area contributed by atoms with Crippen LogP contribution < -0.4 is 0 Å². The average Bonchev–Trinajstić information content (AvgIpc) is 2.22. The zero-order valence-electron chi connectivity index (χ0n) is 8.82. The second kappa shape index (κ2) is 5.23. The molecular weight excluding hydrogens is 200 g/mol. The lowest BCUT2D eigenvalue weighted by atomic mass is 9.78. The standard InChI is InChI=1S/C10H16O5/c1-2-15-9(13)10(4-5-11)7-14-6-3-8(10)12/h11H,2-7H2,1H3. The Bertz CT molecular complexity index is 246. The zero-order chi connectivity index (χ0) is 11.3. The van der Waals surface area contributed by atoms with Gasteiger partial charge in [0.15, 0.2) is 11.2 Å². The topological polar surface area (TPSA) is 72.8 Å². The maximum Gasteiger partial charge on any atom is 0.322 e. The van der Waals surface area contributed by atoms with Crippen LogP contribution in [-0.4, -0.2) is 43.3 Å². The van der Waals surface area contributed by atoms with Crippen LogP contribution in [0.25, 0.3) is 0 Å². The first-order chi connectivity index (χ1) is 7.17. The number of aliphatic hydroxyl groups excluding tert-OH is 1. The summed E-state index contributed by atoms with van der Waals surface area (Å²) in [6.07, 6.45) is 0.281. The molecule has 0 aromatic heterocycles. The second-order valence-corrected chi connectivity index (χ2v) is 3.50. The summed E-state index contributed by atoms with van der Waals surface area (Å²) in [7, 11) is 0. The lowest BCUT2D eigenvalue weighted by molar-refractivity contribution is -0.170. The first-order valence-corrected chi connectivity index (χ1v) is 5.06. The van der Waals surface area contributed by atoms with Crippen molar-refractivity contribution in [2.24, 2.45) is 5.41 Å². The Labute approximate surface area is 88.4 Å². The second-order valence-electron chi connectivity index (χ2n) is 3.50. The van der Waals surface area contributed by atoms with Gasteiger partial charge in [0.25, 0.3) is 0 Å². The van der Waals surface area contributed by atoms with Crippen LogP contribution in [0.15, 0.2) is 0 Å². The number of Topliss-reactive ketones (excluding diaryl/α,β-unsaturated/α-hetero) is 1. The molecule has 15 heavy (non-hydrogen) atoms. The molecule has 0 aromatic carbocycles. The Balaban J connectivity index is 2.84. The molecule has 0 spiro atoms. The molecule has 1 rings (SSSR count). The highest BCUT2D eigenvalue weighted by Crippen LogP contribution is 2.30. The molecule has 0 amide bonds. The molecule has 1 aliphatic heterocycles. The van der Waals surface area contributed by atoms with Crippen molar-refractivity contribution in [3.05, 3.63) is 0 Å². The van der Waals surface area contributed by atoms with Crippen LogP contribution in [0, 0.1) is 5.41 Å². The number of rotatable bonds is 4. The Morgan fingerprint density at radius 3 is 2.93 bits per heavy atom. The van der Waals surface area contributed by atoms with Crippen LogP contribution in [-0.2, 0) is 19.1 Å². The highest BCUT2D eigenvalue weighted by Gasteiger charge is 2.48. The fourth-order valence-electron chi connectivity index (χ4n) is 1.68. The number of carbonyl (C=O) groups is 2. The Morgan fingerprint density at radius 1 is 1.67 bits per heavy atom. The summed E-state index contributed by atoms with van der Waals surface area (Å²) < 4.78 is 10.00. The van der Waals surface area contributed by atoms with Crippen LogP contribution in [0.2, 0.25) is 0 Å². The van der Waals surface area contributed by atoms with E-state index in [1.165, 1.54) is 0 Å². The summed E-state index contributed by atoms with van der Waals surface area (Å²) in [5, 5.41) is 8.90. The van der Waals surface area contributed by atoms with Gasteiger partial charge >= 0.3 is 5.97 Å². The van der Waals surface area contributed by atoms with E-state index in [0.717, 1.165) is 0 Å². The quantitative estimate of drug-likeness (QED) is 0.525. The van der Waals surface area contributed by atoms with Gasteiger partial charge in [-0.05, 0) is 13.3 Å². The monoisotopic (exact) mass is 216 g/mol. The molecule has 1 N–H and O–H groups in total. The molecule has 1 saturated heterocycles. The van der Waals surface area contributed by atoms with Gasteiger partial charge in [-0.15, -0.1) is 0 Å². The largest absolute Gasteiger partial charge is 0.465 e. The number of carbonyl (C=O) groups excluding carboxylic acids is 2. The average molecular weight is 216 g/mol. The normalized spacial score (nSPS) is 26.4. The Morgan fingerprint density at radius 2 is 2.40 bits per heavy atom. The van der Waals surface area contributed by atoms with E-state index in [1.54, 1.807) is 6.92 Å². The number of esters is 1. The predicted molar refractivity (Wildman–Crippen MR) is 51.2 cm³/mol. The van der Waals surface area contributed by atoms with E-state index in [0.29, 0.717) is 6.61 Å². The molecule has 1 fully saturated rings. The van der Waals surface area contributed by atoms with Gasteiger partial charge in [-0.2, -0.15) is 0 Å². The number of ketones is 1. The number of ether oxygens (including phenoxy) is 2. The summed E-state index contributed by atoms with van der Waals surface area (Å²) >= 11 is 0. The third-order valence-electron chi connectivity index (χ3n) is 2.56. The molecule has 1 heterocycles. The van der Waals surface area contributed by atoms with Gasteiger partial charge in [0.05, 0.1) is 19.8 Å². The number of hydrogen-bond acceptors (Lipinski definition) is 5. The smallest absolute Gasteiger partial charge is 0.322 e. The molecule has 5 nitrogen and oxygen atoms in total. The van der Waals surface area contributed by atoms with Gasteiger partial charge < -0.3 is 14.6 Å². The molecular formula is C10H16O5. The Hall–Kier alpha value is -0.940. The van der Waals surface area contributed by atoms with Crippen molar-refractivity contribution >= 4 is 11.8 Å². The zero-order valence-corrected chi connectivity index (χ0v) is 8.82. The van der Waals surface area contributed by atoms with Crippen LogP contribution in [0.4, 0.5) is 0 Å². The molecule has 0 saturated carbocycles. The molecule has 5 heteroatoms. The van der Waals surface area contributed by atoms with Crippen molar-refractivity contribution in [3.63, 3.8) is 0 Å². The highest BCUT2D eigenvalue weighted by molar-refractivity contribution is 6.04. The minimum Gasteiger partial charge on any atom is -0.465 e. The van der Waals surface area contributed by atoms with Gasteiger partial charge in [-0.1, -0.05) is 0 Å². The van der Waals surface area contributed by atoms with Crippen LogP contribution >= 0.6 is 0 Å². The maximum atomic E-state index is 11.7. The Kier molecular flexibility index (Phi) is 4.23. The maximum absolute atomic E-state index is 11.7. The summed E-state index contributed by atoms with van der Waals surface area (Å²) in [5.41, 5.74) is -1.27. The van der Waals surface area contributed by atoms with Crippen molar-refractivity contribution < 1.29 is 24.2 Å². The minimum absolute atomic E-state index is 0.0191. The van der Waals surface area contributed by atoms with Crippen molar-refractivity contribution in [1.82, 2.24) is 0 Å². The van der Waals surface area contributed by atoms with Crippen LogP contribution in [0.5, 0.6) is 0 Å². The van der Waals surface area contributed by atoms with Gasteiger partial charge in [-0.25, -0.2) is 0 Å². The third kappa shape index (κ3) is 2.35. The molecule has 0 aliphatic carbocycles. The van der Waals surface area contributed by atoms with Crippen LogP contribution in [0.3, 0.4) is 0 Å². The summed E-state index contributed by atoms with van der Waals surface area (Å²) in [6.45, 7) is 2.03. The fourth-order valence-corrected chi connectivity index (χ4v) is 1.68. The summed E-state index contributed by atoms with van der Waals surface area (Å²) in [5.74, 6) is -0.773. The van der Waals surface area contributed by atoms with E-state index in [9.17, 15) is 9.59 Å². The summed E-state index contributed by atoms with van der Waals surface area (Å²) in [4.78, 5) is 23.4. The predicted octanol–water partition coefficient (Wildman–Crippen LogP) is -0.0923.